The Balaban J connectivity index is 3.18. The fourth-order valence-corrected chi connectivity index (χ4v) is 2.69. The molecular weight excluding hydrogens is 284 g/mol. The van der Waals surface area contributed by atoms with Crippen molar-refractivity contribution in [1.82, 2.24) is 9.80 Å². The Bertz CT molecular complexity index is 486. The second kappa shape index (κ2) is 7.23. The van der Waals surface area contributed by atoms with Crippen molar-refractivity contribution >= 4 is 0 Å². The minimum Gasteiger partial charge on any atom is -0.507 e. The van der Waals surface area contributed by atoms with Crippen molar-refractivity contribution in [2.45, 2.75) is 58.9 Å². The number of likely N-dealkylation sites (N-methyl/N-ethyl adjacent to an activating group) is 2. The topological polar surface area (TPSA) is 26.7 Å². The lowest BCUT2D eigenvalue weighted by Gasteiger charge is -2.29. The van der Waals surface area contributed by atoms with Crippen LogP contribution in [0.2, 0.25) is 0 Å². The Morgan fingerprint density at radius 1 is 0.826 bits per heavy atom. The molecule has 0 heterocycles. The molecule has 0 saturated heterocycles. The van der Waals surface area contributed by atoms with E-state index in [9.17, 15) is 5.11 Å². The lowest BCUT2D eigenvalue weighted by Crippen LogP contribution is -2.28. The fraction of sp³-hybridized carbons (Fsp3) is 0.700. The Morgan fingerprint density at radius 3 is 1.61 bits per heavy atom. The molecule has 1 aromatic rings. The van der Waals surface area contributed by atoms with Crippen LogP contribution in [0.25, 0.3) is 0 Å². The van der Waals surface area contributed by atoms with Crippen LogP contribution in [0, 0.1) is 0 Å². The van der Waals surface area contributed by atoms with Gasteiger partial charge in [-0.3, -0.25) is 0 Å². The molecule has 1 N–H and O–H groups in total. The second-order valence-corrected chi connectivity index (χ2v) is 9.08. The largest absolute Gasteiger partial charge is 0.507 e. The predicted octanol–water partition coefficient (Wildman–Crippen LogP) is 3.98. The van der Waals surface area contributed by atoms with Crippen LogP contribution in [-0.4, -0.2) is 49.1 Å². The maximum absolute atomic E-state index is 10.8. The van der Waals surface area contributed by atoms with Crippen molar-refractivity contribution in [3.05, 3.63) is 28.8 Å². The molecule has 0 radical (unpaired) electrons. The smallest absolute Gasteiger partial charge is 0.123 e. The first-order valence-corrected chi connectivity index (χ1v) is 8.52. The van der Waals surface area contributed by atoms with E-state index in [0.29, 0.717) is 5.75 Å². The quantitative estimate of drug-likeness (QED) is 0.889. The van der Waals surface area contributed by atoms with Gasteiger partial charge in [0.15, 0.2) is 0 Å². The molecular formula is C20H36N2O. The molecule has 0 fully saturated rings. The summed E-state index contributed by atoms with van der Waals surface area (Å²) in [6.07, 6.45) is 0. The van der Waals surface area contributed by atoms with Crippen LogP contribution < -0.4 is 0 Å². The monoisotopic (exact) mass is 320 g/mol. The van der Waals surface area contributed by atoms with Gasteiger partial charge in [0.25, 0.3) is 0 Å². The van der Waals surface area contributed by atoms with Gasteiger partial charge in [0, 0.05) is 19.6 Å². The molecule has 0 spiro atoms. The van der Waals surface area contributed by atoms with Gasteiger partial charge in [0.05, 0.1) is 0 Å². The van der Waals surface area contributed by atoms with Crippen molar-refractivity contribution in [2.24, 2.45) is 0 Å². The number of nitrogens with zero attached hydrogens (tertiary/aromatic N) is 2. The van der Waals surface area contributed by atoms with E-state index in [1.807, 2.05) is 0 Å². The lowest BCUT2D eigenvalue weighted by molar-refractivity contribution is 0.276. The van der Waals surface area contributed by atoms with E-state index in [0.717, 1.165) is 30.8 Å². The van der Waals surface area contributed by atoms with Crippen LogP contribution in [-0.2, 0) is 17.4 Å². The highest BCUT2D eigenvalue weighted by atomic mass is 16.3. The maximum Gasteiger partial charge on any atom is 0.123 e. The predicted molar refractivity (Wildman–Crippen MR) is 100 cm³/mol. The fourth-order valence-electron chi connectivity index (χ4n) is 2.69. The summed E-state index contributed by atoms with van der Waals surface area (Å²) in [5, 5.41) is 10.8. The van der Waals surface area contributed by atoms with Gasteiger partial charge in [0.1, 0.15) is 5.75 Å². The minimum atomic E-state index is -0.0672. The van der Waals surface area contributed by atoms with Gasteiger partial charge in [-0.25, -0.2) is 0 Å². The number of aromatic hydroxyl groups is 1. The van der Waals surface area contributed by atoms with E-state index < -0.39 is 0 Å². The number of hydrogen-bond acceptors (Lipinski definition) is 3. The molecule has 3 heteroatoms. The number of benzene rings is 1. The standard InChI is InChI=1S/C20H36N2O/c1-19(2,3)16-12-15(14-22(9)11-10-21(7)8)13-17(18(16)23)20(4,5)6/h12-13,23H,10-11,14H2,1-9H3. The van der Waals surface area contributed by atoms with E-state index in [1.165, 1.54) is 5.56 Å². The summed E-state index contributed by atoms with van der Waals surface area (Å²) in [7, 11) is 6.36. The van der Waals surface area contributed by atoms with Crippen LogP contribution in [0.4, 0.5) is 0 Å². The highest BCUT2D eigenvalue weighted by Gasteiger charge is 2.26. The summed E-state index contributed by atoms with van der Waals surface area (Å²) >= 11 is 0. The van der Waals surface area contributed by atoms with Crippen molar-refractivity contribution in [3.8, 4) is 5.75 Å². The van der Waals surface area contributed by atoms with E-state index in [2.05, 4.69) is 84.6 Å². The van der Waals surface area contributed by atoms with Crippen LogP contribution in [0.3, 0.4) is 0 Å². The summed E-state index contributed by atoms with van der Waals surface area (Å²) in [6, 6.07) is 4.35. The first-order chi connectivity index (χ1) is 10.3. The average Bonchev–Trinajstić information content (AvgIpc) is 2.35. The zero-order chi connectivity index (χ0) is 18.0. The molecule has 0 bridgehead atoms. The molecule has 23 heavy (non-hydrogen) atoms. The highest BCUT2D eigenvalue weighted by molar-refractivity contribution is 5.49. The van der Waals surface area contributed by atoms with E-state index in [4.69, 9.17) is 0 Å². The Hall–Kier alpha value is -1.06. The molecule has 3 nitrogen and oxygen atoms in total. The summed E-state index contributed by atoms with van der Waals surface area (Å²) in [4.78, 5) is 4.54. The minimum absolute atomic E-state index is 0.0672. The van der Waals surface area contributed by atoms with Crippen molar-refractivity contribution in [3.63, 3.8) is 0 Å². The number of phenolic OH excluding ortho intramolecular Hbond substituents is 1. The number of rotatable bonds is 5. The molecule has 0 atom stereocenters. The third kappa shape index (κ3) is 5.82. The highest BCUT2D eigenvalue weighted by Crippen LogP contribution is 2.39. The van der Waals surface area contributed by atoms with Crippen molar-refractivity contribution in [1.29, 1.82) is 0 Å². The summed E-state index contributed by atoms with van der Waals surface area (Å²) < 4.78 is 0. The number of phenols is 1. The van der Waals surface area contributed by atoms with Gasteiger partial charge in [0.2, 0.25) is 0 Å². The van der Waals surface area contributed by atoms with Crippen LogP contribution in [0.1, 0.15) is 58.2 Å². The summed E-state index contributed by atoms with van der Waals surface area (Å²) in [5.41, 5.74) is 3.23. The van der Waals surface area contributed by atoms with Gasteiger partial charge in [-0.1, -0.05) is 53.7 Å². The molecule has 0 aliphatic carbocycles. The summed E-state index contributed by atoms with van der Waals surface area (Å²) in [6.45, 7) is 15.9. The van der Waals surface area contributed by atoms with E-state index in [-0.39, 0.29) is 10.8 Å². The van der Waals surface area contributed by atoms with Crippen LogP contribution in [0.5, 0.6) is 5.75 Å². The molecule has 0 aliphatic rings. The summed E-state index contributed by atoms with van der Waals surface area (Å²) in [5.74, 6) is 0.463. The molecule has 0 amide bonds. The average molecular weight is 321 g/mol. The maximum atomic E-state index is 10.8. The van der Waals surface area contributed by atoms with Gasteiger partial charge in [-0.2, -0.15) is 0 Å². The number of hydrogen-bond donors (Lipinski definition) is 1. The molecule has 0 unspecified atom stereocenters. The second-order valence-electron chi connectivity index (χ2n) is 9.08. The van der Waals surface area contributed by atoms with E-state index >= 15 is 0 Å². The van der Waals surface area contributed by atoms with Gasteiger partial charge in [-0.15, -0.1) is 0 Å². The molecule has 1 aromatic carbocycles. The SMILES string of the molecule is CN(C)CCN(C)Cc1cc(C(C)(C)C)c(O)c(C(C)(C)C)c1. The first-order valence-electron chi connectivity index (χ1n) is 8.52. The molecule has 132 valence electrons. The first kappa shape index (κ1) is 20.0. The third-order valence-electron chi connectivity index (χ3n) is 4.17. The molecule has 0 aliphatic heterocycles. The van der Waals surface area contributed by atoms with Gasteiger partial charge >= 0.3 is 0 Å². The normalized spacial score (nSPS) is 13.2. The van der Waals surface area contributed by atoms with Crippen molar-refractivity contribution < 1.29 is 5.11 Å². The Morgan fingerprint density at radius 2 is 1.26 bits per heavy atom. The Kier molecular flexibility index (Phi) is 6.28. The zero-order valence-electron chi connectivity index (χ0n) is 16.6. The van der Waals surface area contributed by atoms with Gasteiger partial charge < -0.3 is 14.9 Å². The molecule has 1 rings (SSSR count). The van der Waals surface area contributed by atoms with Crippen LogP contribution >= 0.6 is 0 Å². The Labute approximate surface area is 143 Å². The zero-order valence-corrected chi connectivity index (χ0v) is 16.6. The van der Waals surface area contributed by atoms with Crippen LogP contribution in [0.15, 0.2) is 12.1 Å². The molecule has 0 aromatic heterocycles. The van der Waals surface area contributed by atoms with Crippen molar-refractivity contribution in [2.75, 3.05) is 34.2 Å². The lowest BCUT2D eigenvalue weighted by atomic mass is 9.78. The van der Waals surface area contributed by atoms with E-state index in [1.54, 1.807) is 0 Å². The third-order valence-corrected chi connectivity index (χ3v) is 4.17. The molecule has 0 saturated carbocycles. The van der Waals surface area contributed by atoms with Gasteiger partial charge in [-0.05, 0) is 48.7 Å².